The maximum atomic E-state index is 4.78. The standard InChI is InChI=1S/C59H35N3.C38H29N3.C35H23N3/c1-2-19-47-41(14-1)49-33-38(24-27-48(49)58-57(47)60-30-31-61-58)36-12-11-13-37(32-36)39-25-29-56-50(34-39)46-18-6-10-23-55(46)62(56)40-26-28-45-44-17-5-9-22-53(44)59(54(45)35-40)51-20-7-3-15-42(51)43-16-4-8-21-52(43)59;1-38(2,3)41-34-11-7-6-9-29(34)33-23-27(17-19-35(33)41)25-14-12-24(13-15-25)26-16-18-31-32(22-26)28-8-4-5-10-30(28)36-37(31)40-21-20-39-36;1-38-32-9-5-4-7-27(32)31-21-25(15-17-33(31)38)23-12-10-22(11-13-23)24-14-16-29-30(20-24)26-6-2-3-8-28(26)34-35(29)37-19-18-36-34/h1-35H;4-23H,1-3H3;2-21H,1H3. The van der Waals surface area contributed by atoms with Crippen molar-refractivity contribution in [2.75, 3.05) is 0 Å². The number of benzene rings is 22. The minimum absolute atomic E-state index is 0.00540. The van der Waals surface area contributed by atoms with E-state index >= 15 is 0 Å². The van der Waals surface area contributed by atoms with Crippen LogP contribution in [0.4, 0.5) is 0 Å². The van der Waals surface area contributed by atoms with Gasteiger partial charge in [0.05, 0.1) is 49.5 Å². The SMILES string of the molecule is CC(C)(C)n1c2ccccc2c2cc(-c3ccc(-c4ccc5c(c4)c4ccccc4c4nccnc54)cc3)ccc21.Cn1c2ccccc2c2cc(-c3ccc(-c4ccc5c(c4)c4ccccc4c4nccnc54)cc3)ccc21.c1cc(-c2ccc3c(c2)c2ccccc2c2nccnc32)cc(-c2ccc3c(c2)c2ccccc2n3-c2ccc3c(c2)C2(c4ccccc4-c4ccccc42)c2ccccc2-3)c1. The lowest BCUT2D eigenvalue weighted by molar-refractivity contribution is 0.423. The fraction of sp³-hybridized carbons (Fsp3) is 0.0455. The number of aromatic nitrogens is 9. The fourth-order valence-electron chi connectivity index (χ4n) is 23.9. The van der Waals surface area contributed by atoms with Crippen LogP contribution < -0.4 is 0 Å². The quantitative estimate of drug-likeness (QED) is 0.148. The molecule has 141 heavy (non-hydrogen) atoms. The van der Waals surface area contributed by atoms with E-state index in [9.17, 15) is 0 Å². The summed E-state index contributed by atoms with van der Waals surface area (Å²) in [6.07, 6.45) is 10.7. The van der Waals surface area contributed by atoms with Gasteiger partial charge in [-0.25, -0.2) is 0 Å². The monoisotopic (exact) mass is 1800 g/mol. The molecule has 0 aliphatic heterocycles. The highest BCUT2D eigenvalue weighted by Crippen LogP contribution is 2.63. The Morgan fingerprint density at radius 1 is 0.184 bits per heavy atom. The van der Waals surface area contributed by atoms with E-state index in [2.05, 4.69) is 475 Å². The number of hydrogen-bond donors (Lipinski definition) is 0. The number of rotatable bonds is 7. The van der Waals surface area contributed by atoms with Gasteiger partial charge in [-0.3, -0.25) is 29.9 Å². The molecule has 28 aromatic rings. The third-order valence-corrected chi connectivity index (χ3v) is 30.1. The van der Waals surface area contributed by atoms with E-state index in [1.807, 2.05) is 0 Å². The van der Waals surface area contributed by atoms with Crippen molar-refractivity contribution < 1.29 is 0 Å². The van der Waals surface area contributed by atoms with Crippen molar-refractivity contribution in [3.05, 3.63) is 478 Å². The van der Waals surface area contributed by atoms with Gasteiger partial charge in [0, 0.05) is 142 Å². The number of hydrogen-bond acceptors (Lipinski definition) is 6. The van der Waals surface area contributed by atoms with Gasteiger partial charge in [-0.15, -0.1) is 0 Å². The molecule has 0 radical (unpaired) electrons. The van der Waals surface area contributed by atoms with Crippen molar-refractivity contribution in [3.8, 4) is 94.7 Å². The summed E-state index contributed by atoms with van der Waals surface area (Å²) < 4.78 is 7.21. The van der Waals surface area contributed by atoms with Crippen LogP contribution in [0.25, 0.3) is 258 Å². The Morgan fingerprint density at radius 2 is 0.447 bits per heavy atom. The van der Waals surface area contributed by atoms with E-state index in [-0.39, 0.29) is 5.54 Å². The van der Waals surface area contributed by atoms with E-state index < -0.39 is 5.41 Å². The average Bonchev–Trinajstić information content (AvgIpc) is 1.50. The van der Waals surface area contributed by atoms with Crippen molar-refractivity contribution in [1.29, 1.82) is 0 Å². The number of nitrogens with zero attached hydrogens (tertiary/aromatic N) is 9. The summed E-state index contributed by atoms with van der Waals surface area (Å²) in [7, 11) is 2.14. The van der Waals surface area contributed by atoms with Crippen molar-refractivity contribution in [2.24, 2.45) is 7.05 Å². The minimum Gasteiger partial charge on any atom is -0.344 e. The highest BCUT2D eigenvalue weighted by atomic mass is 15.0. The molecular formula is C132H87N9. The summed E-state index contributed by atoms with van der Waals surface area (Å²) in [6.45, 7) is 6.82. The van der Waals surface area contributed by atoms with Crippen molar-refractivity contribution >= 4 is 163 Å². The molecule has 0 N–H and O–H groups in total. The fourth-order valence-corrected chi connectivity index (χ4v) is 23.9. The maximum Gasteiger partial charge on any atom is 0.0971 e. The van der Waals surface area contributed by atoms with Crippen LogP contribution in [0, 0.1) is 0 Å². The lowest BCUT2D eigenvalue weighted by atomic mass is 9.70. The van der Waals surface area contributed by atoms with Crippen molar-refractivity contribution in [1.82, 2.24) is 43.6 Å². The van der Waals surface area contributed by atoms with Crippen LogP contribution in [-0.2, 0) is 18.0 Å². The van der Waals surface area contributed by atoms with Gasteiger partial charge in [0.1, 0.15) is 0 Å². The topological polar surface area (TPSA) is 92.1 Å². The molecule has 1 spiro atoms. The Hall–Kier alpha value is -18.2. The Bertz CT molecular complexity index is 9980. The second kappa shape index (κ2) is 31.7. The molecule has 2 aliphatic carbocycles. The van der Waals surface area contributed by atoms with Crippen LogP contribution in [0.3, 0.4) is 0 Å². The largest absolute Gasteiger partial charge is 0.344 e. The zero-order valence-electron chi connectivity index (χ0n) is 77.8. The molecular weight excluding hydrogens is 1710 g/mol. The molecule has 6 aromatic heterocycles. The van der Waals surface area contributed by atoms with Crippen LogP contribution >= 0.6 is 0 Å². The van der Waals surface area contributed by atoms with Crippen LogP contribution in [0.15, 0.2) is 456 Å². The minimum atomic E-state index is -0.397. The zero-order valence-corrected chi connectivity index (χ0v) is 77.8. The molecule has 660 valence electrons. The first-order valence-corrected chi connectivity index (χ1v) is 48.5. The molecule has 0 saturated heterocycles. The zero-order chi connectivity index (χ0) is 93.5. The molecule has 0 atom stereocenters. The van der Waals surface area contributed by atoms with Crippen LogP contribution in [0.5, 0.6) is 0 Å². The third kappa shape index (κ3) is 12.6. The van der Waals surface area contributed by atoms with Crippen molar-refractivity contribution in [2.45, 2.75) is 31.7 Å². The second-order valence-corrected chi connectivity index (χ2v) is 38.7. The van der Waals surface area contributed by atoms with Gasteiger partial charge in [-0.2, -0.15) is 0 Å². The number of para-hydroxylation sites is 3. The van der Waals surface area contributed by atoms with E-state index in [1.165, 1.54) is 215 Å². The smallest absolute Gasteiger partial charge is 0.0971 e. The maximum absolute atomic E-state index is 4.78. The third-order valence-electron chi connectivity index (χ3n) is 30.1. The van der Waals surface area contributed by atoms with Gasteiger partial charge < -0.3 is 13.7 Å². The molecule has 30 rings (SSSR count). The number of aryl methyl sites for hydroxylation is 1. The molecule has 0 unspecified atom stereocenters. The predicted molar refractivity (Wildman–Crippen MR) is 589 cm³/mol. The summed E-state index contributed by atoms with van der Waals surface area (Å²) >= 11 is 0. The first-order chi connectivity index (χ1) is 69.5. The molecule has 22 aromatic carbocycles. The summed E-state index contributed by atoms with van der Waals surface area (Å²) in [5.41, 5.74) is 39.0. The Morgan fingerprint density at radius 3 is 0.865 bits per heavy atom. The highest BCUT2D eigenvalue weighted by molar-refractivity contribution is 6.27. The Balaban J connectivity index is 0.000000108. The first kappa shape index (κ1) is 81.2. The Kier molecular flexibility index (Phi) is 18.3. The average molecular weight is 1800 g/mol. The van der Waals surface area contributed by atoms with Crippen LogP contribution in [-0.4, -0.2) is 43.6 Å². The summed E-state index contributed by atoms with van der Waals surface area (Å²) in [5, 5.41) is 21.7. The lowest BCUT2D eigenvalue weighted by Crippen LogP contribution is -2.26. The Labute approximate surface area is 812 Å². The van der Waals surface area contributed by atoms with E-state index in [0.717, 1.165) is 65.4 Å². The molecule has 9 heteroatoms. The molecule has 2 aliphatic rings. The molecule has 0 bridgehead atoms. The molecule has 6 heterocycles. The van der Waals surface area contributed by atoms with E-state index in [1.54, 1.807) is 37.2 Å². The van der Waals surface area contributed by atoms with Crippen molar-refractivity contribution in [3.63, 3.8) is 0 Å². The summed E-state index contributed by atoms with van der Waals surface area (Å²) in [5.74, 6) is 0. The van der Waals surface area contributed by atoms with Gasteiger partial charge >= 0.3 is 0 Å². The predicted octanol–water partition coefficient (Wildman–Crippen LogP) is 33.8. The van der Waals surface area contributed by atoms with Gasteiger partial charge in [0.15, 0.2) is 0 Å². The molecule has 9 nitrogen and oxygen atoms in total. The number of fused-ring (bicyclic) bond motifs is 37. The van der Waals surface area contributed by atoms with E-state index in [4.69, 9.17) is 15.0 Å². The normalized spacial score (nSPS) is 12.6. The summed E-state index contributed by atoms with van der Waals surface area (Å²) in [6, 6.07) is 154. The molecule has 0 fully saturated rings. The van der Waals surface area contributed by atoms with Gasteiger partial charge in [0.25, 0.3) is 0 Å². The van der Waals surface area contributed by atoms with E-state index in [0.29, 0.717) is 0 Å². The van der Waals surface area contributed by atoms with Crippen LogP contribution in [0.2, 0.25) is 0 Å². The van der Waals surface area contributed by atoms with Crippen LogP contribution in [0.1, 0.15) is 43.0 Å². The highest BCUT2D eigenvalue weighted by Gasteiger charge is 2.52. The van der Waals surface area contributed by atoms with Gasteiger partial charge in [-0.05, 0) is 255 Å². The molecule has 0 amide bonds. The van der Waals surface area contributed by atoms with Gasteiger partial charge in [-0.1, -0.05) is 328 Å². The molecule has 0 saturated carbocycles. The second-order valence-electron chi connectivity index (χ2n) is 38.7. The summed E-state index contributed by atoms with van der Waals surface area (Å²) in [4.78, 5) is 28.2. The first-order valence-electron chi connectivity index (χ1n) is 48.5. The van der Waals surface area contributed by atoms with Gasteiger partial charge in [0.2, 0.25) is 0 Å². The lowest BCUT2D eigenvalue weighted by Gasteiger charge is -2.30.